The van der Waals surface area contributed by atoms with E-state index in [4.69, 9.17) is 11.6 Å². The Hall–Kier alpha value is -1.75. The second-order valence-corrected chi connectivity index (χ2v) is 4.07. The van der Waals surface area contributed by atoms with Crippen molar-refractivity contribution in [3.63, 3.8) is 0 Å². The van der Waals surface area contributed by atoms with E-state index in [1.807, 2.05) is 0 Å². The number of anilines is 1. The molecule has 0 bridgehead atoms. The third-order valence-corrected chi connectivity index (χ3v) is 2.48. The molecule has 0 amide bonds. The van der Waals surface area contributed by atoms with Crippen molar-refractivity contribution in [3.05, 3.63) is 52.9 Å². The van der Waals surface area contributed by atoms with Gasteiger partial charge in [0.25, 0.3) is 0 Å². The number of rotatable bonds is 4. The Bertz CT molecular complexity index is 528. The fraction of sp³-hybridized carbons (Fsp3) is 0.167. The quantitative estimate of drug-likeness (QED) is 0.867. The maximum Gasteiger partial charge on any atom is 0.134 e. The Morgan fingerprint density at radius 1 is 1.06 bits per heavy atom. The molecule has 94 valence electrons. The molecule has 0 aliphatic rings. The van der Waals surface area contributed by atoms with Gasteiger partial charge in [0.15, 0.2) is 0 Å². The van der Waals surface area contributed by atoms with Crippen molar-refractivity contribution in [3.8, 4) is 0 Å². The lowest BCUT2D eigenvalue weighted by Crippen LogP contribution is -2.06. The highest BCUT2D eigenvalue weighted by Crippen LogP contribution is 2.10. The molecule has 0 unspecified atom stereocenters. The molecule has 0 spiro atoms. The molecule has 2 aromatic rings. The molecular formula is C12H10ClF2N3. The molecular weight excluding hydrogens is 260 g/mol. The van der Waals surface area contributed by atoms with Crippen molar-refractivity contribution in [1.82, 2.24) is 9.97 Å². The van der Waals surface area contributed by atoms with Crippen LogP contribution in [-0.4, -0.2) is 16.5 Å². The zero-order valence-electron chi connectivity index (χ0n) is 9.33. The average molecular weight is 270 g/mol. The first-order valence-corrected chi connectivity index (χ1v) is 5.68. The second-order valence-electron chi connectivity index (χ2n) is 3.68. The van der Waals surface area contributed by atoms with Crippen LogP contribution in [0.4, 0.5) is 14.6 Å². The lowest BCUT2D eigenvalue weighted by molar-refractivity contribution is 0.580. The predicted octanol–water partition coefficient (Wildman–Crippen LogP) is 3.06. The normalized spacial score (nSPS) is 10.4. The van der Waals surface area contributed by atoms with E-state index >= 15 is 0 Å². The Morgan fingerprint density at radius 3 is 2.44 bits per heavy atom. The number of aromatic nitrogens is 2. The molecule has 0 saturated heterocycles. The smallest absolute Gasteiger partial charge is 0.134 e. The Balaban J connectivity index is 1.92. The van der Waals surface area contributed by atoms with Gasteiger partial charge in [-0.3, -0.25) is 0 Å². The molecule has 0 fully saturated rings. The summed E-state index contributed by atoms with van der Waals surface area (Å²) in [6.45, 7) is 0.496. The molecule has 0 radical (unpaired) electrons. The number of hydrogen-bond donors (Lipinski definition) is 1. The van der Waals surface area contributed by atoms with Crippen molar-refractivity contribution < 1.29 is 8.78 Å². The molecule has 0 saturated carbocycles. The van der Waals surface area contributed by atoms with Gasteiger partial charge in [-0.05, 0) is 24.1 Å². The summed E-state index contributed by atoms with van der Waals surface area (Å²) in [6, 6.07) is 5.03. The molecule has 1 aromatic heterocycles. The van der Waals surface area contributed by atoms with Gasteiger partial charge in [-0.1, -0.05) is 11.6 Å². The zero-order valence-corrected chi connectivity index (χ0v) is 10.1. The van der Waals surface area contributed by atoms with Crippen molar-refractivity contribution in [2.45, 2.75) is 6.42 Å². The van der Waals surface area contributed by atoms with Gasteiger partial charge in [-0.25, -0.2) is 18.7 Å². The van der Waals surface area contributed by atoms with Gasteiger partial charge in [0.1, 0.15) is 28.9 Å². The Kier molecular flexibility index (Phi) is 4.04. The molecule has 18 heavy (non-hydrogen) atoms. The molecule has 1 heterocycles. The van der Waals surface area contributed by atoms with Crippen LogP contribution in [0.5, 0.6) is 0 Å². The van der Waals surface area contributed by atoms with Crippen LogP contribution in [-0.2, 0) is 6.42 Å². The summed E-state index contributed by atoms with van der Waals surface area (Å²) in [5, 5.41) is 3.33. The van der Waals surface area contributed by atoms with E-state index in [0.29, 0.717) is 29.5 Å². The van der Waals surface area contributed by atoms with Gasteiger partial charge < -0.3 is 5.32 Å². The van der Waals surface area contributed by atoms with Crippen LogP contribution in [0.25, 0.3) is 0 Å². The minimum atomic E-state index is -0.574. The van der Waals surface area contributed by atoms with Crippen molar-refractivity contribution in [2.75, 3.05) is 11.9 Å². The zero-order chi connectivity index (χ0) is 13.0. The largest absolute Gasteiger partial charge is 0.370 e. The molecule has 3 nitrogen and oxygen atoms in total. The maximum absolute atomic E-state index is 12.9. The van der Waals surface area contributed by atoms with E-state index in [2.05, 4.69) is 15.3 Å². The van der Waals surface area contributed by atoms with Crippen LogP contribution < -0.4 is 5.32 Å². The van der Waals surface area contributed by atoms with Crippen molar-refractivity contribution >= 4 is 17.4 Å². The number of halogens is 3. The van der Waals surface area contributed by atoms with E-state index in [1.54, 1.807) is 6.07 Å². The molecule has 0 atom stereocenters. The van der Waals surface area contributed by atoms with E-state index in [0.717, 1.165) is 6.07 Å². The molecule has 0 aliphatic heterocycles. The van der Waals surface area contributed by atoms with E-state index < -0.39 is 11.6 Å². The molecule has 0 aliphatic carbocycles. The Labute approximate surface area is 108 Å². The SMILES string of the molecule is Fc1cc(F)cc(CCNc2cc(Cl)ncn2)c1. The summed E-state index contributed by atoms with van der Waals surface area (Å²) in [5.74, 6) is -0.572. The number of benzene rings is 1. The van der Waals surface area contributed by atoms with E-state index in [-0.39, 0.29) is 0 Å². The highest BCUT2D eigenvalue weighted by Gasteiger charge is 2.01. The highest BCUT2D eigenvalue weighted by atomic mass is 35.5. The fourth-order valence-corrected chi connectivity index (χ4v) is 1.67. The summed E-state index contributed by atoms with van der Waals surface area (Å²) in [5.41, 5.74) is 0.583. The van der Waals surface area contributed by atoms with Crippen LogP contribution in [0, 0.1) is 11.6 Å². The summed E-state index contributed by atoms with van der Waals surface area (Å²) in [6.07, 6.45) is 1.82. The monoisotopic (exact) mass is 269 g/mol. The van der Waals surface area contributed by atoms with Gasteiger partial charge in [0.05, 0.1) is 0 Å². The molecule has 6 heteroatoms. The number of nitrogens with zero attached hydrogens (tertiary/aromatic N) is 2. The summed E-state index contributed by atoms with van der Waals surface area (Å²) in [4.78, 5) is 7.70. The van der Waals surface area contributed by atoms with Crippen molar-refractivity contribution in [1.29, 1.82) is 0 Å². The Morgan fingerprint density at radius 2 is 1.78 bits per heavy atom. The van der Waals surface area contributed by atoms with Gasteiger partial charge in [-0.2, -0.15) is 0 Å². The lowest BCUT2D eigenvalue weighted by atomic mass is 10.1. The standard InChI is InChI=1S/C12H10ClF2N3/c13-11-6-12(18-7-17-11)16-2-1-8-3-9(14)5-10(15)4-8/h3-7H,1-2H2,(H,16,17,18). The highest BCUT2D eigenvalue weighted by molar-refractivity contribution is 6.29. The second kappa shape index (κ2) is 5.73. The molecule has 1 aromatic carbocycles. The van der Waals surface area contributed by atoms with Crippen LogP contribution in [0.2, 0.25) is 5.15 Å². The first kappa shape index (κ1) is 12.7. The topological polar surface area (TPSA) is 37.8 Å². The van der Waals surface area contributed by atoms with E-state index in [9.17, 15) is 8.78 Å². The van der Waals surface area contributed by atoms with Gasteiger partial charge in [0.2, 0.25) is 0 Å². The minimum Gasteiger partial charge on any atom is -0.370 e. The maximum atomic E-state index is 12.9. The first-order chi connectivity index (χ1) is 8.63. The number of hydrogen-bond acceptors (Lipinski definition) is 3. The third kappa shape index (κ3) is 3.63. The predicted molar refractivity (Wildman–Crippen MR) is 65.6 cm³/mol. The first-order valence-electron chi connectivity index (χ1n) is 5.30. The minimum absolute atomic E-state index is 0.337. The van der Waals surface area contributed by atoms with Crippen LogP contribution in [0.15, 0.2) is 30.6 Å². The van der Waals surface area contributed by atoms with Crippen LogP contribution in [0.3, 0.4) is 0 Å². The van der Waals surface area contributed by atoms with Gasteiger partial charge >= 0.3 is 0 Å². The lowest BCUT2D eigenvalue weighted by Gasteiger charge is -2.05. The summed E-state index contributed by atoms with van der Waals surface area (Å²) in [7, 11) is 0. The summed E-state index contributed by atoms with van der Waals surface area (Å²) >= 11 is 5.69. The fourth-order valence-electron chi connectivity index (χ4n) is 1.52. The van der Waals surface area contributed by atoms with Gasteiger partial charge in [-0.15, -0.1) is 0 Å². The summed E-state index contributed by atoms with van der Waals surface area (Å²) < 4.78 is 25.9. The number of nitrogens with one attached hydrogen (secondary N) is 1. The average Bonchev–Trinajstić information content (AvgIpc) is 2.27. The van der Waals surface area contributed by atoms with Crippen LogP contribution in [0.1, 0.15) is 5.56 Å². The van der Waals surface area contributed by atoms with Crippen LogP contribution >= 0.6 is 11.6 Å². The molecule has 1 N–H and O–H groups in total. The van der Waals surface area contributed by atoms with Gasteiger partial charge in [0, 0.05) is 18.7 Å². The molecule has 2 rings (SSSR count). The van der Waals surface area contributed by atoms with Crippen molar-refractivity contribution in [2.24, 2.45) is 0 Å². The third-order valence-electron chi connectivity index (χ3n) is 2.28. The van der Waals surface area contributed by atoms with E-state index in [1.165, 1.54) is 18.5 Å².